The minimum absolute atomic E-state index is 0.138. The average molecular weight is 308 g/mol. The van der Waals surface area contributed by atoms with Crippen LogP contribution in [-0.2, 0) is 6.54 Å². The van der Waals surface area contributed by atoms with Crippen molar-refractivity contribution in [3.8, 4) is 0 Å². The van der Waals surface area contributed by atoms with Crippen molar-refractivity contribution in [3.05, 3.63) is 17.5 Å². The molecule has 1 atom stereocenters. The SMILES string of the molecule is CCn1nc(C)cc1C(=O)NC(C(N)=S)C1CCCCC1. The quantitative estimate of drug-likeness (QED) is 0.818. The Morgan fingerprint density at radius 2 is 2.19 bits per heavy atom. The average Bonchev–Trinajstić information content (AvgIpc) is 2.86. The largest absolute Gasteiger partial charge is 0.392 e. The molecule has 1 saturated carbocycles. The number of nitrogens with one attached hydrogen (secondary N) is 1. The summed E-state index contributed by atoms with van der Waals surface area (Å²) in [6.07, 6.45) is 5.79. The van der Waals surface area contributed by atoms with E-state index in [0.29, 0.717) is 23.1 Å². The van der Waals surface area contributed by atoms with E-state index in [1.165, 1.54) is 19.3 Å². The molecule has 5 nitrogen and oxygen atoms in total. The highest BCUT2D eigenvalue weighted by atomic mass is 32.1. The third-order valence-electron chi connectivity index (χ3n) is 4.15. The molecule has 116 valence electrons. The predicted octanol–water partition coefficient (Wildman–Crippen LogP) is 2.18. The Balaban J connectivity index is 2.12. The molecule has 0 bridgehead atoms. The summed E-state index contributed by atoms with van der Waals surface area (Å²) in [5.74, 6) is 0.222. The Morgan fingerprint density at radius 1 is 1.52 bits per heavy atom. The number of nitrogens with two attached hydrogens (primary N) is 1. The number of aryl methyl sites for hydroxylation is 2. The monoisotopic (exact) mass is 308 g/mol. The second-order valence-corrected chi connectivity index (χ2v) is 6.21. The summed E-state index contributed by atoms with van der Waals surface area (Å²) in [7, 11) is 0. The van der Waals surface area contributed by atoms with Gasteiger partial charge in [0.05, 0.1) is 16.7 Å². The third-order valence-corrected chi connectivity index (χ3v) is 4.40. The summed E-state index contributed by atoms with van der Waals surface area (Å²) in [4.78, 5) is 12.9. The number of rotatable bonds is 5. The Morgan fingerprint density at radius 3 is 2.76 bits per heavy atom. The molecule has 1 aliphatic carbocycles. The van der Waals surface area contributed by atoms with Gasteiger partial charge >= 0.3 is 0 Å². The lowest BCUT2D eigenvalue weighted by atomic mass is 9.84. The molecule has 0 spiro atoms. The lowest BCUT2D eigenvalue weighted by Crippen LogP contribution is -2.49. The molecule has 0 aliphatic heterocycles. The van der Waals surface area contributed by atoms with Gasteiger partial charge in [-0.3, -0.25) is 9.48 Å². The van der Waals surface area contributed by atoms with Crippen LogP contribution in [0.25, 0.3) is 0 Å². The van der Waals surface area contributed by atoms with Gasteiger partial charge in [-0.1, -0.05) is 31.5 Å². The lowest BCUT2D eigenvalue weighted by Gasteiger charge is -2.30. The van der Waals surface area contributed by atoms with Crippen molar-refractivity contribution in [2.45, 2.75) is 58.5 Å². The van der Waals surface area contributed by atoms with Crippen LogP contribution in [0, 0.1) is 12.8 Å². The fourth-order valence-electron chi connectivity index (χ4n) is 3.07. The maximum absolute atomic E-state index is 12.5. The van der Waals surface area contributed by atoms with Crippen LogP contribution >= 0.6 is 12.2 Å². The topological polar surface area (TPSA) is 72.9 Å². The number of nitrogens with zero attached hydrogens (tertiary/aromatic N) is 2. The summed E-state index contributed by atoms with van der Waals surface area (Å²) >= 11 is 5.17. The minimum atomic E-state index is -0.215. The molecule has 21 heavy (non-hydrogen) atoms. The first kappa shape index (κ1) is 15.9. The van der Waals surface area contributed by atoms with Crippen molar-refractivity contribution in [1.82, 2.24) is 15.1 Å². The molecule has 6 heteroatoms. The van der Waals surface area contributed by atoms with Crippen LogP contribution in [0.1, 0.15) is 55.2 Å². The van der Waals surface area contributed by atoms with Gasteiger partial charge in [-0.05, 0) is 38.7 Å². The smallest absolute Gasteiger partial charge is 0.270 e. The second-order valence-electron chi connectivity index (χ2n) is 5.74. The van der Waals surface area contributed by atoms with Crippen molar-refractivity contribution in [2.24, 2.45) is 11.7 Å². The predicted molar refractivity (Wildman–Crippen MR) is 87.3 cm³/mol. The van der Waals surface area contributed by atoms with E-state index >= 15 is 0 Å². The molecule has 3 N–H and O–H groups in total. The van der Waals surface area contributed by atoms with Gasteiger partial charge in [0, 0.05) is 6.54 Å². The van der Waals surface area contributed by atoms with Crippen molar-refractivity contribution < 1.29 is 4.79 Å². The van der Waals surface area contributed by atoms with E-state index in [4.69, 9.17) is 18.0 Å². The van der Waals surface area contributed by atoms with Crippen molar-refractivity contribution in [1.29, 1.82) is 0 Å². The Hall–Kier alpha value is -1.43. The van der Waals surface area contributed by atoms with E-state index in [-0.39, 0.29) is 11.9 Å². The second kappa shape index (κ2) is 7.02. The first-order valence-electron chi connectivity index (χ1n) is 7.67. The zero-order valence-electron chi connectivity index (χ0n) is 12.8. The zero-order valence-corrected chi connectivity index (χ0v) is 13.6. The lowest BCUT2D eigenvalue weighted by molar-refractivity contribution is 0.0921. The normalized spacial score (nSPS) is 17.4. The van der Waals surface area contributed by atoms with Crippen LogP contribution in [0.2, 0.25) is 0 Å². The molecule has 0 aromatic carbocycles. The van der Waals surface area contributed by atoms with Crippen molar-refractivity contribution >= 4 is 23.1 Å². The number of carbonyl (C=O) groups is 1. The first-order chi connectivity index (χ1) is 10.0. The van der Waals surface area contributed by atoms with Crippen LogP contribution in [-0.4, -0.2) is 26.7 Å². The van der Waals surface area contributed by atoms with Gasteiger partial charge in [0.15, 0.2) is 0 Å². The Kier molecular flexibility index (Phi) is 5.33. The molecule has 0 radical (unpaired) electrons. The third kappa shape index (κ3) is 3.81. The molecular weight excluding hydrogens is 284 g/mol. The number of hydrogen-bond donors (Lipinski definition) is 2. The van der Waals surface area contributed by atoms with Crippen LogP contribution in [0.3, 0.4) is 0 Å². The fraction of sp³-hybridized carbons (Fsp3) is 0.667. The van der Waals surface area contributed by atoms with E-state index in [2.05, 4.69) is 10.4 Å². The molecule has 1 aromatic heterocycles. The number of hydrogen-bond acceptors (Lipinski definition) is 3. The number of aromatic nitrogens is 2. The Bertz CT molecular complexity index is 520. The molecule has 1 amide bonds. The molecule has 1 unspecified atom stereocenters. The van der Waals surface area contributed by atoms with Gasteiger partial charge in [0.2, 0.25) is 0 Å². The van der Waals surface area contributed by atoms with Gasteiger partial charge in [0.25, 0.3) is 5.91 Å². The van der Waals surface area contributed by atoms with Gasteiger partial charge in [-0.2, -0.15) is 5.10 Å². The number of thiocarbonyl (C=S) groups is 1. The van der Waals surface area contributed by atoms with Crippen molar-refractivity contribution in [2.75, 3.05) is 0 Å². The molecule has 0 saturated heterocycles. The molecule has 1 aliphatic rings. The number of carbonyl (C=O) groups excluding carboxylic acids is 1. The highest BCUT2D eigenvalue weighted by Crippen LogP contribution is 2.27. The summed E-state index contributed by atoms with van der Waals surface area (Å²) in [6, 6.07) is 1.59. The number of amides is 1. The van der Waals surface area contributed by atoms with E-state index in [9.17, 15) is 4.79 Å². The van der Waals surface area contributed by atoms with Gasteiger partial charge in [0.1, 0.15) is 5.69 Å². The van der Waals surface area contributed by atoms with E-state index < -0.39 is 0 Å². The minimum Gasteiger partial charge on any atom is -0.392 e. The summed E-state index contributed by atoms with van der Waals surface area (Å²) in [5.41, 5.74) is 7.28. The van der Waals surface area contributed by atoms with Crippen LogP contribution < -0.4 is 11.1 Å². The Labute approximate surface area is 131 Å². The maximum atomic E-state index is 12.5. The molecule has 1 fully saturated rings. The molecular formula is C15H24N4OS. The van der Waals surface area contributed by atoms with Crippen LogP contribution in [0.15, 0.2) is 6.07 Å². The molecule has 1 aromatic rings. The standard InChI is InChI=1S/C15H24N4OS/c1-3-19-12(9-10(2)18-19)15(20)17-13(14(16)21)11-7-5-4-6-8-11/h9,11,13H,3-8H2,1-2H3,(H2,16,21)(H,17,20). The van der Waals surface area contributed by atoms with Gasteiger partial charge in [-0.25, -0.2) is 0 Å². The molecule has 1 heterocycles. The van der Waals surface area contributed by atoms with E-state index in [0.717, 1.165) is 18.5 Å². The summed E-state index contributed by atoms with van der Waals surface area (Å²) in [5, 5.41) is 7.33. The summed E-state index contributed by atoms with van der Waals surface area (Å²) < 4.78 is 1.71. The van der Waals surface area contributed by atoms with E-state index in [1.54, 1.807) is 10.7 Å². The van der Waals surface area contributed by atoms with Crippen LogP contribution in [0.4, 0.5) is 0 Å². The highest BCUT2D eigenvalue weighted by molar-refractivity contribution is 7.80. The summed E-state index contributed by atoms with van der Waals surface area (Å²) in [6.45, 7) is 4.52. The highest BCUT2D eigenvalue weighted by Gasteiger charge is 2.28. The fourth-order valence-corrected chi connectivity index (χ4v) is 3.32. The van der Waals surface area contributed by atoms with Gasteiger partial charge < -0.3 is 11.1 Å². The molecule has 2 rings (SSSR count). The van der Waals surface area contributed by atoms with Crippen LogP contribution in [0.5, 0.6) is 0 Å². The maximum Gasteiger partial charge on any atom is 0.270 e. The van der Waals surface area contributed by atoms with Gasteiger partial charge in [-0.15, -0.1) is 0 Å². The van der Waals surface area contributed by atoms with Crippen molar-refractivity contribution in [3.63, 3.8) is 0 Å². The van der Waals surface area contributed by atoms with E-state index in [1.807, 2.05) is 13.8 Å². The first-order valence-corrected chi connectivity index (χ1v) is 8.08. The zero-order chi connectivity index (χ0) is 15.4.